The molecular formula is C10H19NO4. The first-order valence-electron chi connectivity index (χ1n) is 4.80. The molecule has 5 heteroatoms. The highest BCUT2D eigenvalue weighted by atomic mass is 16.5. The molecule has 88 valence electrons. The first-order chi connectivity index (χ1) is 6.69. The standard InChI is InChI=1S/C10H19NO4/c1-6-10(4,15-5)7(12)11-9(2,3)8(13)14/h6H2,1-5H3,(H,11,12)(H,13,14). The van der Waals surface area contributed by atoms with Crippen LogP contribution in [0.3, 0.4) is 0 Å². The largest absolute Gasteiger partial charge is 0.480 e. The highest BCUT2D eigenvalue weighted by Gasteiger charge is 2.37. The Morgan fingerprint density at radius 3 is 2.07 bits per heavy atom. The van der Waals surface area contributed by atoms with E-state index in [1.807, 2.05) is 0 Å². The third kappa shape index (κ3) is 3.20. The Morgan fingerprint density at radius 1 is 1.33 bits per heavy atom. The molecule has 15 heavy (non-hydrogen) atoms. The lowest BCUT2D eigenvalue weighted by Crippen LogP contribution is -2.56. The van der Waals surface area contributed by atoms with E-state index >= 15 is 0 Å². The summed E-state index contributed by atoms with van der Waals surface area (Å²) in [6, 6.07) is 0. The quantitative estimate of drug-likeness (QED) is 0.713. The van der Waals surface area contributed by atoms with E-state index < -0.39 is 23.0 Å². The monoisotopic (exact) mass is 217 g/mol. The number of nitrogens with one attached hydrogen (secondary N) is 1. The van der Waals surface area contributed by atoms with Gasteiger partial charge in [0.1, 0.15) is 11.1 Å². The summed E-state index contributed by atoms with van der Waals surface area (Å²) in [5, 5.41) is 11.3. The van der Waals surface area contributed by atoms with E-state index in [1.54, 1.807) is 13.8 Å². The van der Waals surface area contributed by atoms with Gasteiger partial charge in [0, 0.05) is 7.11 Å². The second-order valence-corrected chi connectivity index (χ2v) is 4.17. The number of methoxy groups -OCH3 is 1. The molecule has 1 unspecified atom stereocenters. The summed E-state index contributed by atoms with van der Waals surface area (Å²) in [7, 11) is 1.43. The highest BCUT2D eigenvalue weighted by molar-refractivity contribution is 5.90. The number of carboxylic acids is 1. The minimum atomic E-state index is -1.29. The van der Waals surface area contributed by atoms with E-state index in [0.717, 1.165) is 0 Å². The number of carbonyl (C=O) groups is 2. The molecule has 0 aliphatic carbocycles. The van der Waals surface area contributed by atoms with Crippen LogP contribution >= 0.6 is 0 Å². The lowest BCUT2D eigenvalue weighted by molar-refractivity contribution is -0.152. The summed E-state index contributed by atoms with van der Waals surface area (Å²) in [6.07, 6.45) is 0.477. The van der Waals surface area contributed by atoms with E-state index in [9.17, 15) is 9.59 Å². The minimum Gasteiger partial charge on any atom is -0.480 e. The van der Waals surface area contributed by atoms with Gasteiger partial charge in [-0.3, -0.25) is 4.79 Å². The normalized spacial score (nSPS) is 15.5. The Labute approximate surface area is 89.8 Å². The summed E-state index contributed by atoms with van der Waals surface area (Å²) in [4.78, 5) is 22.6. The van der Waals surface area contributed by atoms with Gasteiger partial charge in [0.05, 0.1) is 0 Å². The summed E-state index contributed by atoms with van der Waals surface area (Å²) in [6.45, 7) is 6.29. The molecule has 0 radical (unpaired) electrons. The summed E-state index contributed by atoms with van der Waals surface area (Å²) in [5.41, 5.74) is -2.27. The average Bonchev–Trinajstić information content (AvgIpc) is 2.15. The first-order valence-corrected chi connectivity index (χ1v) is 4.80. The molecule has 0 aromatic rings. The Balaban J connectivity index is 4.69. The Kier molecular flexibility index (Phi) is 4.27. The fourth-order valence-electron chi connectivity index (χ4n) is 0.867. The molecule has 0 aliphatic heterocycles. The number of carboxylic acid groups (broad SMARTS) is 1. The Hall–Kier alpha value is -1.10. The molecule has 0 bridgehead atoms. The van der Waals surface area contributed by atoms with Crippen LogP contribution in [0.25, 0.3) is 0 Å². The third-order valence-electron chi connectivity index (χ3n) is 2.57. The van der Waals surface area contributed by atoms with Crippen molar-refractivity contribution >= 4 is 11.9 Å². The zero-order valence-electron chi connectivity index (χ0n) is 9.88. The molecule has 5 nitrogen and oxygen atoms in total. The van der Waals surface area contributed by atoms with Crippen molar-refractivity contribution in [1.29, 1.82) is 0 Å². The Morgan fingerprint density at radius 2 is 1.80 bits per heavy atom. The van der Waals surface area contributed by atoms with Crippen molar-refractivity contribution in [2.24, 2.45) is 0 Å². The van der Waals surface area contributed by atoms with Crippen LogP contribution in [0.1, 0.15) is 34.1 Å². The van der Waals surface area contributed by atoms with Crippen molar-refractivity contribution in [3.8, 4) is 0 Å². The van der Waals surface area contributed by atoms with Gasteiger partial charge < -0.3 is 15.2 Å². The van der Waals surface area contributed by atoms with Crippen molar-refractivity contribution in [3.63, 3.8) is 0 Å². The lowest BCUT2D eigenvalue weighted by Gasteiger charge is -2.30. The molecule has 0 spiro atoms. The SMILES string of the molecule is CCC(C)(OC)C(=O)NC(C)(C)C(=O)O. The van der Waals surface area contributed by atoms with E-state index in [4.69, 9.17) is 9.84 Å². The fourth-order valence-corrected chi connectivity index (χ4v) is 0.867. The second kappa shape index (κ2) is 4.61. The summed E-state index contributed by atoms with van der Waals surface area (Å²) < 4.78 is 5.07. The topological polar surface area (TPSA) is 75.6 Å². The summed E-state index contributed by atoms with van der Waals surface area (Å²) in [5.74, 6) is -1.50. The van der Waals surface area contributed by atoms with Crippen LogP contribution in [0, 0.1) is 0 Å². The number of hydrogen-bond acceptors (Lipinski definition) is 3. The fraction of sp³-hybridized carbons (Fsp3) is 0.800. The van der Waals surface area contributed by atoms with Crippen LogP contribution in [0.15, 0.2) is 0 Å². The smallest absolute Gasteiger partial charge is 0.328 e. The Bertz CT molecular complexity index is 256. The van der Waals surface area contributed by atoms with E-state index in [2.05, 4.69) is 5.32 Å². The van der Waals surface area contributed by atoms with Gasteiger partial charge in [-0.2, -0.15) is 0 Å². The molecule has 0 saturated heterocycles. The average molecular weight is 217 g/mol. The van der Waals surface area contributed by atoms with Gasteiger partial charge in [0.2, 0.25) is 0 Å². The van der Waals surface area contributed by atoms with Crippen LogP contribution in [-0.2, 0) is 14.3 Å². The van der Waals surface area contributed by atoms with Crippen molar-refractivity contribution < 1.29 is 19.4 Å². The predicted octanol–water partition coefficient (Wildman–Crippen LogP) is 0.781. The zero-order valence-corrected chi connectivity index (χ0v) is 9.88. The third-order valence-corrected chi connectivity index (χ3v) is 2.57. The van der Waals surface area contributed by atoms with Gasteiger partial charge in [-0.15, -0.1) is 0 Å². The molecule has 0 aromatic heterocycles. The van der Waals surface area contributed by atoms with Crippen LogP contribution < -0.4 is 5.32 Å². The van der Waals surface area contributed by atoms with Gasteiger partial charge in [-0.1, -0.05) is 6.92 Å². The number of aliphatic carboxylic acids is 1. The maximum atomic E-state index is 11.7. The highest BCUT2D eigenvalue weighted by Crippen LogP contribution is 2.16. The number of hydrogen-bond donors (Lipinski definition) is 2. The van der Waals surface area contributed by atoms with Gasteiger partial charge >= 0.3 is 5.97 Å². The van der Waals surface area contributed by atoms with Crippen molar-refractivity contribution in [3.05, 3.63) is 0 Å². The molecule has 1 amide bonds. The molecule has 2 N–H and O–H groups in total. The van der Waals surface area contributed by atoms with Gasteiger partial charge in [-0.25, -0.2) is 4.79 Å². The maximum absolute atomic E-state index is 11.7. The number of amides is 1. The molecular weight excluding hydrogens is 198 g/mol. The van der Waals surface area contributed by atoms with Crippen LogP contribution in [0.4, 0.5) is 0 Å². The minimum absolute atomic E-state index is 0.417. The predicted molar refractivity (Wildman–Crippen MR) is 55.6 cm³/mol. The first kappa shape index (κ1) is 13.9. The van der Waals surface area contributed by atoms with Crippen LogP contribution in [-0.4, -0.2) is 35.2 Å². The lowest BCUT2D eigenvalue weighted by atomic mass is 9.98. The molecule has 0 heterocycles. The van der Waals surface area contributed by atoms with E-state index in [1.165, 1.54) is 21.0 Å². The molecule has 0 saturated carbocycles. The van der Waals surface area contributed by atoms with Crippen molar-refractivity contribution in [1.82, 2.24) is 5.32 Å². The van der Waals surface area contributed by atoms with E-state index in [0.29, 0.717) is 6.42 Å². The molecule has 0 aromatic carbocycles. The maximum Gasteiger partial charge on any atom is 0.328 e. The number of ether oxygens (including phenoxy) is 1. The van der Waals surface area contributed by atoms with Crippen LogP contribution in [0.2, 0.25) is 0 Å². The molecule has 0 fully saturated rings. The van der Waals surface area contributed by atoms with Gasteiger partial charge in [0.15, 0.2) is 0 Å². The van der Waals surface area contributed by atoms with E-state index in [-0.39, 0.29) is 0 Å². The van der Waals surface area contributed by atoms with Gasteiger partial charge in [0.25, 0.3) is 5.91 Å². The molecule has 0 aliphatic rings. The summed E-state index contributed by atoms with van der Waals surface area (Å²) >= 11 is 0. The van der Waals surface area contributed by atoms with Crippen LogP contribution in [0.5, 0.6) is 0 Å². The molecule has 1 atom stereocenters. The second-order valence-electron chi connectivity index (χ2n) is 4.17. The van der Waals surface area contributed by atoms with Crippen molar-refractivity contribution in [2.75, 3.05) is 7.11 Å². The van der Waals surface area contributed by atoms with Crippen molar-refractivity contribution in [2.45, 2.75) is 45.3 Å². The number of carbonyl (C=O) groups excluding carboxylic acids is 1. The number of rotatable bonds is 5. The molecule has 0 rings (SSSR count). The van der Waals surface area contributed by atoms with Gasteiger partial charge in [-0.05, 0) is 27.2 Å². The zero-order chi connectivity index (χ0) is 12.3.